The van der Waals surface area contributed by atoms with Gasteiger partial charge in [-0.2, -0.15) is 4.31 Å². The van der Waals surface area contributed by atoms with Crippen molar-refractivity contribution >= 4 is 48.5 Å². The van der Waals surface area contributed by atoms with E-state index in [2.05, 4.69) is 0 Å². The molecule has 1 aliphatic heterocycles. The van der Waals surface area contributed by atoms with Crippen molar-refractivity contribution in [3.8, 4) is 0 Å². The van der Waals surface area contributed by atoms with Crippen LogP contribution in [0.4, 0.5) is 0 Å². The molecule has 0 amide bonds. The van der Waals surface area contributed by atoms with E-state index in [0.29, 0.717) is 3.97 Å². The van der Waals surface area contributed by atoms with Crippen LogP contribution in [0.1, 0.15) is 24.3 Å². The van der Waals surface area contributed by atoms with E-state index in [9.17, 15) is 26.7 Å². The van der Waals surface area contributed by atoms with Crippen LogP contribution in [-0.4, -0.2) is 61.5 Å². The van der Waals surface area contributed by atoms with Crippen LogP contribution in [0.15, 0.2) is 58.3 Å². The van der Waals surface area contributed by atoms with Gasteiger partial charge in [-0.05, 0) is 44.2 Å². The van der Waals surface area contributed by atoms with E-state index in [1.807, 2.05) is 0 Å². The molecule has 1 saturated heterocycles. The molecule has 0 radical (unpaired) electrons. The predicted molar refractivity (Wildman–Crippen MR) is 122 cm³/mol. The zero-order valence-corrected chi connectivity index (χ0v) is 20.1. The van der Waals surface area contributed by atoms with Crippen LogP contribution >= 0.6 is 11.6 Å². The van der Waals surface area contributed by atoms with Crippen LogP contribution in [0.5, 0.6) is 0 Å². The van der Waals surface area contributed by atoms with Gasteiger partial charge in [-0.1, -0.05) is 29.8 Å². The summed E-state index contributed by atoms with van der Waals surface area (Å²) in [6.07, 6.45) is -0.858. The first-order chi connectivity index (χ1) is 15.4. The first kappa shape index (κ1) is 23.7. The first-order valence-corrected chi connectivity index (χ1v) is 13.2. The number of halogens is 1. The Kier molecular flexibility index (Phi) is 6.04. The van der Waals surface area contributed by atoms with E-state index in [-0.39, 0.29) is 33.9 Å². The zero-order valence-electron chi connectivity index (χ0n) is 17.7. The number of fused-ring (bicyclic) bond motifs is 1. The molecule has 2 atom stereocenters. The minimum Gasteiger partial charge on any atom is -0.477 e. The second-order valence-corrected chi connectivity index (χ2v) is 11.9. The Morgan fingerprint density at radius 2 is 1.61 bits per heavy atom. The summed E-state index contributed by atoms with van der Waals surface area (Å²) in [6.45, 7) is 3.39. The summed E-state index contributed by atoms with van der Waals surface area (Å²) in [4.78, 5) is 11.6. The Morgan fingerprint density at radius 3 is 2.18 bits per heavy atom. The molecule has 176 valence electrons. The number of carbonyl (C=O) groups is 1. The van der Waals surface area contributed by atoms with E-state index >= 15 is 0 Å². The largest absolute Gasteiger partial charge is 0.477 e. The Balaban J connectivity index is 2.09. The van der Waals surface area contributed by atoms with Crippen LogP contribution in [0, 0.1) is 0 Å². The number of hydrogen-bond acceptors (Lipinski definition) is 6. The molecule has 1 aromatic heterocycles. The minimum absolute atomic E-state index is 0.00952. The fourth-order valence-corrected chi connectivity index (χ4v) is 7.76. The Morgan fingerprint density at radius 1 is 1.00 bits per heavy atom. The third-order valence-electron chi connectivity index (χ3n) is 5.31. The summed E-state index contributed by atoms with van der Waals surface area (Å²) in [5, 5.41) is 10.1. The van der Waals surface area contributed by atoms with Crippen LogP contribution < -0.4 is 0 Å². The van der Waals surface area contributed by atoms with Gasteiger partial charge in [0.1, 0.15) is 4.90 Å². The number of aromatic nitrogens is 1. The monoisotopic (exact) mass is 512 g/mol. The Labute approximate surface area is 196 Å². The fourth-order valence-electron chi connectivity index (χ4n) is 4.06. The molecule has 4 rings (SSSR count). The lowest BCUT2D eigenvalue weighted by Gasteiger charge is -2.34. The van der Waals surface area contributed by atoms with E-state index in [1.54, 1.807) is 19.9 Å². The molecule has 9 nitrogen and oxygen atoms in total. The molecule has 0 aliphatic carbocycles. The fraction of sp³-hybridized carbons (Fsp3) is 0.286. The average Bonchev–Trinajstić information content (AvgIpc) is 3.09. The highest BCUT2D eigenvalue weighted by molar-refractivity contribution is 7.91. The van der Waals surface area contributed by atoms with Crippen molar-refractivity contribution < 1.29 is 31.5 Å². The molecule has 12 heteroatoms. The number of carboxylic acid groups (broad SMARTS) is 1. The summed E-state index contributed by atoms with van der Waals surface area (Å²) in [5.41, 5.74) is -0.975. The number of nitrogens with zero attached hydrogens (tertiary/aromatic N) is 2. The third kappa shape index (κ3) is 4.04. The SMILES string of the molecule is CC1CN(S(=O)(=O)c2c(C(=O)O)n(S(=O)(=O)c3ccccc3)c3ccc(Cl)cc23)C[C@H](C)O1. The van der Waals surface area contributed by atoms with Gasteiger partial charge >= 0.3 is 5.97 Å². The molecule has 1 unspecified atom stereocenters. The maximum absolute atomic E-state index is 13.8. The van der Waals surface area contributed by atoms with Gasteiger partial charge in [0, 0.05) is 23.5 Å². The number of carboxylic acids is 1. The number of morpholine rings is 1. The molecule has 0 saturated carbocycles. The van der Waals surface area contributed by atoms with E-state index in [4.69, 9.17) is 16.3 Å². The topological polar surface area (TPSA) is 123 Å². The van der Waals surface area contributed by atoms with Crippen LogP contribution in [-0.2, 0) is 24.8 Å². The standard InChI is InChI=1S/C21H21ClN2O7S2/c1-13-11-23(12-14(2)31-13)33(29,30)20-17-10-15(22)8-9-18(17)24(19(20)21(25)26)32(27,28)16-6-4-3-5-7-16/h3-10,13-14H,11-12H2,1-2H3,(H,25,26)/t13-,14?/m0/s1. The lowest BCUT2D eigenvalue weighted by Crippen LogP contribution is -2.48. The molecule has 1 fully saturated rings. The molecule has 3 aromatic rings. The molecular formula is C21H21ClN2O7S2. The van der Waals surface area contributed by atoms with Gasteiger partial charge in [-0.25, -0.2) is 25.6 Å². The van der Waals surface area contributed by atoms with Gasteiger partial charge in [-0.15, -0.1) is 0 Å². The van der Waals surface area contributed by atoms with Crippen molar-refractivity contribution in [2.45, 2.75) is 35.8 Å². The summed E-state index contributed by atoms with van der Waals surface area (Å²) in [5.74, 6) is -1.70. The second kappa shape index (κ2) is 8.41. The van der Waals surface area contributed by atoms with Crippen molar-refractivity contribution in [1.29, 1.82) is 0 Å². The molecule has 2 heterocycles. The molecule has 0 spiro atoms. The van der Waals surface area contributed by atoms with Gasteiger partial charge < -0.3 is 9.84 Å². The lowest BCUT2D eigenvalue weighted by atomic mass is 10.2. The molecule has 1 N–H and O–H groups in total. The normalized spacial score (nSPS) is 20.2. The quantitative estimate of drug-likeness (QED) is 0.557. The zero-order chi connectivity index (χ0) is 24.1. The summed E-state index contributed by atoms with van der Waals surface area (Å²) < 4.78 is 61.8. The maximum atomic E-state index is 13.8. The number of rotatable bonds is 5. The second-order valence-electron chi connectivity index (χ2n) is 7.81. The molecular weight excluding hydrogens is 492 g/mol. The minimum atomic E-state index is -4.46. The molecule has 1 aliphatic rings. The van der Waals surface area contributed by atoms with E-state index < -0.39 is 48.8 Å². The van der Waals surface area contributed by atoms with Crippen molar-refractivity contribution in [1.82, 2.24) is 8.28 Å². The summed E-state index contributed by atoms with van der Waals surface area (Å²) in [7, 11) is -8.90. The highest BCUT2D eigenvalue weighted by Gasteiger charge is 2.41. The number of ether oxygens (including phenoxy) is 1. The number of hydrogen-bond donors (Lipinski definition) is 1. The number of aromatic carboxylic acids is 1. The van der Waals surface area contributed by atoms with Crippen molar-refractivity contribution in [2.24, 2.45) is 0 Å². The van der Waals surface area contributed by atoms with Crippen molar-refractivity contribution in [2.75, 3.05) is 13.1 Å². The highest BCUT2D eigenvalue weighted by Crippen LogP contribution is 2.37. The van der Waals surface area contributed by atoms with Crippen LogP contribution in [0.2, 0.25) is 5.02 Å². The van der Waals surface area contributed by atoms with Crippen molar-refractivity contribution in [3.63, 3.8) is 0 Å². The summed E-state index contributed by atoms with van der Waals surface area (Å²) in [6, 6.07) is 11.1. The van der Waals surface area contributed by atoms with Gasteiger partial charge in [0.05, 0.1) is 22.6 Å². The Hall–Kier alpha value is -2.44. The molecule has 0 bridgehead atoms. The molecule has 33 heavy (non-hydrogen) atoms. The molecule has 2 aromatic carbocycles. The van der Waals surface area contributed by atoms with Gasteiger partial charge in [0.15, 0.2) is 5.69 Å². The number of benzene rings is 2. The van der Waals surface area contributed by atoms with Crippen LogP contribution in [0.3, 0.4) is 0 Å². The first-order valence-electron chi connectivity index (χ1n) is 9.98. The van der Waals surface area contributed by atoms with E-state index in [1.165, 1.54) is 42.5 Å². The lowest BCUT2D eigenvalue weighted by molar-refractivity contribution is -0.0440. The summed E-state index contributed by atoms with van der Waals surface area (Å²) >= 11 is 6.11. The maximum Gasteiger partial charge on any atom is 0.355 e. The van der Waals surface area contributed by atoms with Gasteiger partial charge in [0.2, 0.25) is 10.0 Å². The average molecular weight is 513 g/mol. The highest BCUT2D eigenvalue weighted by atomic mass is 35.5. The third-order valence-corrected chi connectivity index (χ3v) is 9.18. The smallest absolute Gasteiger partial charge is 0.355 e. The van der Waals surface area contributed by atoms with Gasteiger partial charge in [0.25, 0.3) is 10.0 Å². The van der Waals surface area contributed by atoms with Crippen molar-refractivity contribution in [3.05, 3.63) is 59.2 Å². The predicted octanol–water partition coefficient (Wildman–Crippen LogP) is 3.03. The van der Waals surface area contributed by atoms with Crippen LogP contribution in [0.25, 0.3) is 10.9 Å². The van der Waals surface area contributed by atoms with E-state index in [0.717, 1.165) is 4.31 Å². The number of sulfonamides is 1. The van der Waals surface area contributed by atoms with Gasteiger partial charge in [-0.3, -0.25) is 0 Å². The Bertz CT molecular complexity index is 1440.